The van der Waals surface area contributed by atoms with E-state index in [4.69, 9.17) is 5.73 Å². The van der Waals surface area contributed by atoms with Crippen LogP contribution >= 0.6 is 0 Å². The van der Waals surface area contributed by atoms with Crippen molar-refractivity contribution in [3.8, 4) is 0 Å². The highest BCUT2D eigenvalue weighted by molar-refractivity contribution is 5.86. The minimum absolute atomic E-state index is 0.830. The van der Waals surface area contributed by atoms with Gasteiger partial charge >= 0.3 is 0 Å². The second kappa shape index (κ2) is 3.58. The Morgan fingerprint density at radius 3 is 3.07 bits per heavy atom. The van der Waals surface area contributed by atoms with Gasteiger partial charge in [-0.15, -0.1) is 0 Å². The Morgan fingerprint density at radius 2 is 2.29 bits per heavy atom. The van der Waals surface area contributed by atoms with Gasteiger partial charge in [0.05, 0.1) is 0 Å². The lowest BCUT2D eigenvalue weighted by Gasteiger charge is -2.02. The van der Waals surface area contributed by atoms with Crippen LogP contribution < -0.4 is 5.73 Å². The van der Waals surface area contributed by atoms with E-state index in [1.165, 1.54) is 16.5 Å². The van der Waals surface area contributed by atoms with E-state index in [-0.39, 0.29) is 0 Å². The second-order valence-electron chi connectivity index (χ2n) is 3.40. The molecule has 2 heteroatoms. The highest BCUT2D eigenvalue weighted by atomic mass is 14.7. The Hall–Kier alpha value is -1.70. The molecule has 0 fully saturated rings. The zero-order chi connectivity index (χ0) is 9.97. The molecule has 3 N–H and O–H groups in total. The Balaban J connectivity index is 2.55. The molecule has 14 heavy (non-hydrogen) atoms. The number of hydrogen-bond acceptors (Lipinski definition) is 1. The summed E-state index contributed by atoms with van der Waals surface area (Å²) in [5, 5.41) is 1.18. The van der Waals surface area contributed by atoms with Crippen LogP contribution in [0.25, 0.3) is 10.9 Å². The van der Waals surface area contributed by atoms with Crippen molar-refractivity contribution in [3.05, 3.63) is 42.1 Å². The summed E-state index contributed by atoms with van der Waals surface area (Å²) in [7, 11) is 0. The van der Waals surface area contributed by atoms with Gasteiger partial charge in [-0.25, -0.2) is 0 Å². The zero-order valence-corrected chi connectivity index (χ0v) is 8.25. The average Bonchev–Trinajstić information content (AvgIpc) is 2.61. The highest BCUT2D eigenvalue weighted by Gasteiger charge is 2.01. The summed E-state index contributed by atoms with van der Waals surface area (Å²) in [4.78, 5) is 3.23. The second-order valence-corrected chi connectivity index (χ2v) is 3.40. The van der Waals surface area contributed by atoms with Crippen molar-refractivity contribution < 1.29 is 0 Å². The summed E-state index contributed by atoms with van der Waals surface area (Å²) in [6, 6.07) is 6.06. The van der Waals surface area contributed by atoms with E-state index in [1.54, 1.807) is 0 Å². The number of rotatable bonds is 2. The van der Waals surface area contributed by atoms with E-state index in [0.717, 1.165) is 12.1 Å². The van der Waals surface area contributed by atoms with Gasteiger partial charge in [0.1, 0.15) is 0 Å². The van der Waals surface area contributed by atoms with Crippen LogP contribution in [0.1, 0.15) is 12.5 Å². The molecule has 0 spiro atoms. The van der Waals surface area contributed by atoms with Gasteiger partial charge < -0.3 is 10.7 Å². The summed E-state index contributed by atoms with van der Waals surface area (Å²) in [6.45, 7) is 2.03. The van der Waals surface area contributed by atoms with Crippen molar-refractivity contribution in [1.82, 2.24) is 4.98 Å². The van der Waals surface area contributed by atoms with Gasteiger partial charge in [-0.1, -0.05) is 12.2 Å². The van der Waals surface area contributed by atoms with Gasteiger partial charge in [-0.05, 0) is 37.1 Å². The number of aromatic nitrogens is 1. The average molecular weight is 186 g/mol. The third-order valence-corrected chi connectivity index (χ3v) is 2.34. The molecule has 0 unspecified atom stereocenters. The fourth-order valence-electron chi connectivity index (χ4n) is 1.68. The summed E-state index contributed by atoms with van der Waals surface area (Å²) in [6.07, 6.45) is 7.06. The Morgan fingerprint density at radius 1 is 1.43 bits per heavy atom. The van der Waals surface area contributed by atoms with Crippen LogP contribution in [-0.2, 0) is 6.42 Å². The van der Waals surface area contributed by atoms with Crippen LogP contribution in [-0.4, -0.2) is 4.98 Å². The van der Waals surface area contributed by atoms with Gasteiger partial charge in [0.2, 0.25) is 0 Å². The van der Waals surface area contributed by atoms with Crippen molar-refractivity contribution in [2.75, 3.05) is 5.73 Å². The van der Waals surface area contributed by atoms with Crippen LogP contribution in [0.2, 0.25) is 0 Å². The first kappa shape index (κ1) is 8.88. The molecule has 2 nitrogen and oxygen atoms in total. The van der Waals surface area contributed by atoms with Crippen LogP contribution in [0.5, 0.6) is 0 Å². The highest BCUT2D eigenvalue weighted by Crippen LogP contribution is 2.21. The molecule has 0 saturated heterocycles. The largest absolute Gasteiger partial charge is 0.399 e. The van der Waals surface area contributed by atoms with E-state index in [9.17, 15) is 0 Å². The molecule has 0 saturated carbocycles. The topological polar surface area (TPSA) is 41.8 Å². The third-order valence-electron chi connectivity index (χ3n) is 2.34. The summed E-state index contributed by atoms with van der Waals surface area (Å²) in [5.41, 5.74) is 9.09. The number of benzene rings is 1. The first-order chi connectivity index (χ1) is 6.81. The van der Waals surface area contributed by atoms with Crippen molar-refractivity contribution in [1.29, 1.82) is 0 Å². The van der Waals surface area contributed by atoms with Crippen molar-refractivity contribution >= 4 is 16.6 Å². The molecule has 0 aliphatic rings. The van der Waals surface area contributed by atoms with Crippen molar-refractivity contribution in [2.24, 2.45) is 0 Å². The van der Waals surface area contributed by atoms with Crippen LogP contribution in [0.3, 0.4) is 0 Å². The number of nitrogen functional groups attached to an aromatic ring is 1. The van der Waals surface area contributed by atoms with Gasteiger partial charge in [-0.2, -0.15) is 0 Å². The Kier molecular flexibility index (Phi) is 2.27. The normalized spacial score (nSPS) is 11.5. The van der Waals surface area contributed by atoms with E-state index >= 15 is 0 Å². The monoisotopic (exact) mass is 186 g/mol. The first-order valence-corrected chi connectivity index (χ1v) is 4.78. The number of fused-ring (bicyclic) bond motifs is 1. The molecule has 0 aliphatic heterocycles. The molecular weight excluding hydrogens is 172 g/mol. The SMILES string of the molecule is CC=CCc1cc(N)cc2cc[nH]c12. The molecule has 0 atom stereocenters. The third kappa shape index (κ3) is 1.51. The lowest BCUT2D eigenvalue weighted by molar-refractivity contribution is 1.27. The maximum Gasteiger partial charge on any atom is 0.0491 e. The van der Waals surface area contributed by atoms with Crippen molar-refractivity contribution in [3.63, 3.8) is 0 Å². The maximum atomic E-state index is 5.82. The number of aromatic amines is 1. The number of hydrogen-bond donors (Lipinski definition) is 2. The summed E-state index contributed by atoms with van der Waals surface area (Å²) in [5.74, 6) is 0. The smallest absolute Gasteiger partial charge is 0.0491 e. The van der Waals surface area contributed by atoms with Gasteiger partial charge in [0.25, 0.3) is 0 Å². The number of H-pyrrole nitrogens is 1. The van der Waals surface area contributed by atoms with Crippen LogP contribution in [0.15, 0.2) is 36.5 Å². The zero-order valence-electron chi connectivity index (χ0n) is 8.25. The molecule has 72 valence electrons. The number of nitrogens with two attached hydrogens (primary N) is 1. The molecule has 0 aliphatic carbocycles. The molecule has 0 radical (unpaired) electrons. The lowest BCUT2D eigenvalue weighted by atomic mass is 10.1. The number of nitrogens with one attached hydrogen (secondary N) is 1. The predicted molar refractivity (Wildman–Crippen MR) is 61.2 cm³/mol. The Labute approximate surface area is 83.4 Å². The first-order valence-electron chi connectivity index (χ1n) is 4.78. The summed E-state index contributed by atoms with van der Waals surface area (Å²) >= 11 is 0. The number of anilines is 1. The summed E-state index contributed by atoms with van der Waals surface area (Å²) < 4.78 is 0. The van der Waals surface area contributed by atoms with E-state index in [0.29, 0.717) is 0 Å². The minimum atomic E-state index is 0.830. The quantitative estimate of drug-likeness (QED) is 0.549. The van der Waals surface area contributed by atoms with E-state index < -0.39 is 0 Å². The van der Waals surface area contributed by atoms with Crippen LogP contribution in [0.4, 0.5) is 5.69 Å². The predicted octanol–water partition coefficient (Wildman–Crippen LogP) is 2.87. The van der Waals surface area contributed by atoms with Gasteiger partial charge in [-0.3, -0.25) is 0 Å². The molecule has 1 heterocycles. The Bertz CT molecular complexity index is 466. The fraction of sp³-hybridized carbons (Fsp3) is 0.167. The van der Waals surface area contributed by atoms with E-state index in [1.807, 2.05) is 31.3 Å². The van der Waals surface area contributed by atoms with Crippen LogP contribution in [0, 0.1) is 0 Å². The lowest BCUT2D eigenvalue weighted by Crippen LogP contribution is -1.89. The van der Waals surface area contributed by atoms with Gasteiger partial charge in [0.15, 0.2) is 0 Å². The molecule has 2 aromatic rings. The minimum Gasteiger partial charge on any atom is -0.399 e. The van der Waals surface area contributed by atoms with E-state index in [2.05, 4.69) is 17.1 Å². The molecule has 1 aromatic carbocycles. The standard InChI is InChI=1S/C12H14N2/c1-2-3-4-9-7-11(13)8-10-5-6-14-12(9)10/h2-3,5-8,14H,4,13H2,1H3. The fourth-order valence-corrected chi connectivity index (χ4v) is 1.68. The number of allylic oxidation sites excluding steroid dienone is 2. The van der Waals surface area contributed by atoms with Gasteiger partial charge in [0, 0.05) is 22.8 Å². The maximum absolute atomic E-state index is 5.82. The van der Waals surface area contributed by atoms with Crippen molar-refractivity contribution in [2.45, 2.75) is 13.3 Å². The molecule has 0 bridgehead atoms. The molecule has 0 amide bonds. The molecular formula is C12H14N2. The molecule has 1 aromatic heterocycles. The molecule has 2 rings (SSSR count).